The van der Waals surface area contributed by atoms with Crippen LogP contribution in [0.3, 0.4) is 0 Å². The van der Waals surface area contributed by atoms with E-state index in [4.69, 9.17) is 23.2 Å². The number of halogens is 2. The summed E-state index contributed by atoms with van der Waals surface area (Å²) in [5, 5.41) is 11.4. The quantitative estimate of drug-likeness (QED) is 0.804. The van der Waals surface area contributed by atoms with Crippen LogP contribution in [0.15, 0.2) is 30.5 Å². The minimum Gasteiger partial charge on any atom is -0.310 e. The second kappa shape index (κ2) is 7.34. The summed E-state index contributed by atoms with van der Waals surface area (Å²) in [6.07, 6.45) is 4.16. The molecule has 0 aliphatic heterocycles. The molecule has 0 spiro atoms. The van der Waals surface area contributed by atoms with Gasteiger partial charge in [0.15, 0.2) is 0 Å². The highest BCUT2D eigenvalue weighted by molar-refractivity contribution is 6.35. The van der Waals surface area contributed by atoms with Gasteiger partial charge >= 0.3 is 0 Å². The first-order chi connectivity index (χ1) is 11.1. The lowest BCUT2D eigenvalue weighted by Crippen LogP contribution is -2.30. The van der Waals surface area contributed by atoms with Crippen LogP contribution in [0, 0.1) is 5.92 Å². The number of nitrogens with zero attached hydrogens (tertiary/aromatic N) is 2. The Morgan fingerprint density at radius 2 is 2.00 bits per heavy atom. The highest BCUT2D eigenvalue weighted by atomic mass is 35.5. The molecule has 23 heavy (non-hydrogen) atoms. The van der Waals surface area contributed by atoms with E-state index in [-0.39, 0.29) is 5.91 Å². The van der Waals surface area contributed by atoms with Crippen molar-refractivity contribution in [3.63, 3.8) is 0 Å². The maximum atomic E-state index is 12.0. The molecule has 2 N–H and O–H groups in total. The highest BCUT2D eigenvalue weighted by Gasteiger charge is 2.20. The van der Waals surface area contributed by atoms with Crippen molar-refractivity contribution in [3.05, 3.63) is 46.1 Å². The third-order valence-corrected chi connectivity index (χ3v) is 4.48. The summed E-state index contributed by atoms with van der Waals surface area (Å²) in [7, 11) is 0. The first-order valence-electron chi connectivity index (χ1n) is 7.59. The SMILES string of the molecule is O=C(CNCC1CC1)Nc1ccnn1Cc1c(Cl)cccc1Cl. The molecule has 1 fully saturated rings. The second-order valence-corrected chi connectivity index (χ2v) is 6.51. The van der Waals surface area contributed by atoms with Crippen molar-refractivity contribution in [1.29, 1.82) is 0 Å². The van der Waals surface area contributed by atoms with Gasteiger partial charge < -0.3 is 10.6 Å². The molecule has 1 aromatic heterocycles. The van der Waals surface area contributed by atoms with Gasteiger partial charge in [0, 0.05) is 21.7 Å². The normalized spacial score (nSPS) is 14.0. The number of hydrogen-bond acceptors (Lipinski definition) is 3. The Morgan fingerprint density at radius 3 is 2.70 bits per heavy atom. The maximum Gasteiger partial charge on any atom is 0.239 e. The van der Waals surface area contributed by atoms with Crippen molar-refractivity contribution in [2.24, 2.45) is 5.92 Å². The summed E-state index contributed by atoms with van der Waals surface area (Å²) in [6.45, 7) is 1.60. The predicted octanol–water partition coefficient (Wildman–Crippen LogP) is 3.18. The molecule has 2 aromatic rings. The van der Waals surface area contributed by atoms with Crippen LogP contribution in [0.5, 0.6) is 0 Å². The standard InChI is InChI=1S/C16H18Cl2N4O/c17-13-2-1-3-14(18)12(13)10-22-15(6-7-20-22)21-16(23)9-19-8-11-4-5-11/h1-3,6-7,11,19H,4-5,8-10H2,(H,21,23). The lowest BCUT2D eigenvalue weighted by molar-refractivity contribution is -0.115. The molecule has 1 aliphatic rings. The van der Waals surface area contributed by atoms with Crippen LogP contribution in [-0.4, -0.2) is 28.8 Å². The van der Waals surface area contributed by atoms with Crippen LogP contribution in [0.2, 0.25) is 10.0 Å². The number of carbonyl (C=O) groups excluding carboxylic acids is 1. The fraction of sp³-hybridized carbons (Fsp3) is 0.375. The van der Waals surface area contributed by atoms with Crippen molar-refractivity contribution in [2.45, 2.75) is 19.4 Å². The molecule has 122 valence electrons. The van der Waals surface area contributed by atoms with Gasteiger partial charge in [0.25, 0.3) is 0 Å². The zero-order valence-electron chi connectivity index (χ0n) is 12.6. The number of aromatic nitrogens is 2. The number of anilines is 1. The first kappa shape index (κ1) is 16.3. The van der Waals surface area contributed by atoms with Crippen LogP contribution in [0.4, 0.5) is 5.82 Å². The Bertz CT molecular complexity index is 677. The predicted molar refractivity (Wildman–Crippen MR) is 92.0 cm³/mol. The van der Waals surface area contributed by atoms with E-state index in [1.807, 2.05) is 0 Å². The molecule has 1 aromatic carbocycles. The third kappa shape index (κ3) is 4.47. The van der Waals surface area contributed by atoms with E-state index >= 15 is 0 Å². The van der Waals surface area contributed by atoms with Gasteiger partial charge in [0.05, 0.1) is 19.3 Å². The van der Waals surface area contributed by atoms with Crippen molar-refractivity contribution in [3.8, 4) is 0 Å². The van der Waals surface area contributed by atoms with E-state index in [2.05, 4.69) is 15.7 Å². The maximum absolute atomic E-state index is 12.0. The summed E-state index contributed by atoms with van der Waals surface area (Å²) < 4.78 is 1.67. The summed E-state index contributed by atoms with van der Waals surface area (Å²) in [5.41, 5.74) is 0.780. The van der Waals surface area contributed by atoms with E-state index in [0.717, 1.165) is 18.0 Å². The van der Waals surface area contributed by atoms with Crippen LogP contribution >= 0.6 is 23.2 Å². The van der Waals surface area contributed by atoms with Crippen LogP contribution in [0.1, 0.15) is 18.4 Å². The number of hydrogen-bond donors (Lipinski definition) is 2. The van der Waals surface area contributed by atoms with Crippen LogP contribution in [0.25, 0.3) is 0 Å². The summed E-state index contributed by atoms with van der Waals surface area (Å²) >= 11 is 12.4. The van der Waals surface area contributed by atoms with Gasteiger partial charge in [0.1, 0.15) is 5.82 Å². The topological polar surface area (TPSA) is 59.0 Å². The highest BCUT2D eigenvalue weighted by Crippen LogP contribution is 2.27. The first-order valence-corrected chi connectivity index (χ1v) is 8.34. The fourth-order valence-corrected chi connectivity index (χ4v) is 2.81. The summed E-state index contributed by atoms with van der Waals surface area (Å²) in [4.78, 5) is 12.0. The molecule has 0 unspecified atom stereocenters. The minimum atomic E-state index is -0.0855. The van der Waals surface area contributed by atoms with Crippen molar-refractivity contribution in [2.75, 3.05) is 18.4 Å². The Balaban J connectivity index is 1.61. The molecular weight excluding hydrogens is 335 g/mol. The third-order valence-electron chi connectivity index (χ3n) is 3.77. The minimum absolute atomic E-state index is 0.0855. The van der Waals surface area contributed by atoms with Gasteiger partial charge in [0.2, 0.25) is 5.91 Å². The second-order valence-electron chi connectivity index (χ2n) is 5.70. The van der Waals surface area contributed by atoms with Crippen molar-refractivity contribution >= 4 is 34.9 Å². The van der Waals surface area contributed by atoms with E-state index in [0.29, 0.717) is 29.0 Å². The summed E-state index contributed by atoms with van der Waals surface area (Å²) in [6, 6.07) is 7.12. The molecule has 1 aliphatic carbocycles. The average Bonchev–Trinajstić information content (AvgIpc) is 3.23. The molecule has 0 saturated heterocycles. The molecule has 7 heteroatoms. The Morgan fingerprint density at radius 1 is 1.26 bits per heavy atom. The number of rotatable bonds is 7. The van der Waals surface area contributed by atoms with Gasteiger partial charge in [-0.15, -0.1) is 0 Å². The van der Waals surface area contributed by atoms with E-state index in [1.165, 1.54) is 12.8 Å². The number of benzene rings is 1. The molecular formula is C16H18Cl2N4O. The number of carbonyl (C=O) groups is 1. The van der Waals surface area contributed by atoms with E-state index < -0.39 is 0 Å². The van der Waals surface area contributed by atoms with Crippen LogP contribution < -0.4 is 10.6 Å². The largest absolute Gasteiger partial charge is 0.310 e. The lowest BCUT2D eigenvalue weighted by Gasteiger charge is -2.11. The average molecular weight is 353 g/mol. The molecule has 0 radical (unpaired) electrons. The van der Waals surface area contributed by atoms with Gasteiger partial charge in [-0.3, -0.25) is 4.79 Å². The van der Waals surface area contributed by atoms with E-state index in [9.17, 15) is 4.79 Å². The van der Waals surface area contributed by atoms with Crippen LogP contribution in [-0.2, 0) is 11.3 Å². The summed E-state index contributed by atoms with van der Waals surface area (Å²) in [5.74, 6) is 1.28. The zero-order valence-corrected chi connectivity index (χ0v) is 14.1. The van der Waals surface area contributed by atoms with Gasteiger partial charge in [-0.2, -0.15) is 5.10 Å². The van der Waals surface area contributed by atoms with E-state index in [1.54, 1.807) is 35.1 Å². The zero-order chi connectivity index (χ0) is 16.2. The Kier molecular flexibility index (Phi) is 5.20. The monoisotopic (exact) mass is 352 g/mol. The van der Waals surface area contributed by atoms with Gasteiger partial charge in [-0.05, 0) is 37.4 Å². The smallest absolute Gasteiger partial charge is 0.239 e. The Hall–Kier alpha value is -1.56. The molecule has 1 heterocycles. The van der Waals surface area contributed by atoms with Crippen molar-refractivity contribution < 1.29 is 4.79 Å². The molecule has 5 nitrogen and oxygen atoms in total. The molecule has 1 saturated carbocycles. The number of amides is 1. The Labute approximate surface area is 145 Å². The number of nitrogens with one attached hydrogen (secondary N) is 2. The lowest BCUT2D eigenvalue weighted by atomic mass is 10.2. The van der Waals surface area contributed by atoms with Gasteiger partial charge in [-0.1, -0.05) is 29.3 Å². The molecule has 0 atom stereocenters. The van der Waals surface area contributed by atoms with Crippen molar-refractivity contribution in [1.82, 2.24) is 15.1 Å². The molecule has 3 rings (SSSR count). The van der Waals surface area contributed by atoms with Gasteiger partial charge in [-0.25, -0.2) is 4.68 Å². The fourth-order valence-electron chi connectivity index (χ4n) is 2.30. The molecule has 1 amide bonds. The molecule has 0 bridgehead atoms.